The molecule has 0 rings (SSSR count). The van der Waals surface area contributed by atoms with E-state index in [2.05, 4.69) is 79.9 Å². The molecule has 342 valence electrons. The number of hydrogen-bond acceptors (Lipinski definition) is 7. The topological polar surface area (TPSA) is 131 Å². The van der Waals surface area contributed by atoms with Crippen molar-refractivity contribution in [2.45, 2.75) is 213 Å². The molecule has 0 aromatic rings. The van der Waals surface area contributed by atoms with Crippen LogP contribution in [0.4, 0.5) is 0 Å². The van der Waals surface area contributed by atoms with E-state index in [1.54, 1.807) is 0 Å². The predicted molar refractivity (Wildman–Crippen MR) is 247 cm³/mol. The second-order valence-corrected chi connectivity index (χ2v) is 17.2. The number of allylic oxidation sites excluding steroid dienone is 10. The number of phosphoric acid groups is 1. The van der Waals surface area contributed by atoms with Crippen molar-refractivity contribution < 1.29 is 37.9 Å². The fourth-order valence-corrected chi connectivity index (χ4v) is 7.16. The largest absolute Gasteiger partial charge is 0.472 e. The summed E-state index contributed by atoms with van der Waals surface area (Å²) < 4.78 is 26.9. The molecule has 0 aliphatic rings. The zero-order chi connectivity index (χ0) is 43.2. The Bertz CT molecular complexity index is 1150. The number of aliphatic hydroxyl groups is 1. The highest BCUT2D eigenvalue weighted by Crippen LogP contribution is 2.42. The van der Waals surface area contributed by atoms with Crippen molar-refractivity contribution in [3.8, 4) is 0 Å². The summed E-state index contributed by atoms with van der Waals surface area (Å²) in [6.45, 7) is 3.42. The van der Waals surface area contributed by atoms with Crippen LogP contribution < -0.4 is 5.32 Å². The molecule has 0 aromatic heterocycles. The van der Waals surface area contributed by atoms with Gasteiger partial charge in [-0.1, -0.05) is 197 Å². The summed E-state index contributed by atoms with van der Waals surface area (Å²) in [7, 11) is -4.43. The van der Waals surface area contributed by atoms with Crippen molar-refractivity contribution in [2.24, 2.45) is 0 Å². The molecule has 2 unspecified atom stereocenters. The third kappa shape index (κ3) is 46.6. The van der Waals surface area contributed by atoms with Gasteiger partial charge in [-0.15, -0.1) is 0 Å². The van der Waals surface area contributed by atoms with Gasteiger partial charge < -0.3 is 20.1 Å². The number of unbranched alkanes of at least 4 members (excludes halogenated alkanes) is 21. The molecule has 3 N–H and O–H groups in total. The average Bonchev–Trinajstić information content (AvgIpc) is 3.22. The van der Waals surface area contributed by atoms with Gasteiger partial charge in [0.25, 0.3) is 0 Å². The molecule has 0 fully saturated rings. The van der Waals surface area contributed by atoms with Crippen molar-refractivity contribution in [3.63, 3.8) is 0 Å². The summed E-state index contributed by atoms with van der Waals surface area (Å²) in [5.41, 5.74) is 0. The summed E-state index contributed by atoms with van der Waals surface area (Å²) in [6, 6.07) is 0. The maximum Gasteiger partial charge on any atom is 0.472 e. The number of amides is 1. The van der Waals surface area contributed by atoms with Crippen LogP contribution in [0, 0.1) is 0 Å². The molecule has 0 aliphatic heterocycles. The van der Waals surface area contributed by atoms with Gasteiger partial charge in [0.15, 0.2) is 0 Å². The number of ether oxygens (including phenoxy) is 1. The van der Waals surface area contributed by atoms with E-state index in [-0.39, 0.29) is 32.1 Å². The molecule has 0 saturated heterocycles. The van der Waals surface area contributed by atoms with E-state index in [0.29, 0.717) is 12.8 Å². The van der Waals surface area contributed by atoms with E-state index < -0.39 is 26.5 Å². The van der Waals surface area contributed by atoms with Gasteiger partial charge in [-0.2, -0.15) is 0 Å². The minimum absolute atomic E-state index is 0.0777. The van der Waals surface area contributed by atoms with Crippen LogP contribution in [0.5, 0.6) is 0 Å². The van der Waals surface area contributed by atoms with Crippen molar-refractivity contribution in [2.75, 3.05) is 26.4 Å². The Morgan fingerprint density at radius 3 is 1.46 bits per heavy atom. The lowest BCUT2D eigenvalue weighted by Gasteiger charge is -2.15. The number of carbonyl (C=O) groups excluding carboxylic acids is 2. The van der Waals surface area contributed by atoms with Crippen molar-refractivity contribution in [3.05, 3.63) is 60.8 Å². The predicted octanol–water partition coefficient (Wildman–Crippen LogP) is 13.7. The number of phosphoric ester groups is 1. The van der Waals surface area contributed by atoms with Gasteiger partial charge in [0.05, 0.1) is 13.2 Å². The Morgan fingerprint density at radius 2 is 0.966 bits per heavy atom. The Balaban J connectivity index is 3.62. The first-order chi connectivity index (χ1) is 28.8. The molecule has 0 radical (unpaired) electrons. The van der Waals surface area contributed by atoms with Crippen LogP contribution in [-0.4, -0.2) is 54.3 Å². The average molecular weight is 850 g/mol. The molecule has 0 aliphatic carbocycles. The third-order valence-electron chi connectivity index (χ3n) is 9.96. The highest BCUT2D eigenvalue weighted by Gasteiger charge is 2.23. The number of rotatable bonds is 44. The zero-order valence-corrected chi connectivity index (χ0v) is 38.6. The minimum atomic E-state index is -4.43. The van der Waals surface area contributed by atoms with Crippen molar-refractivity contribution in [1.29, 1.82) is 0 Å². The maximum atomic E-state index is 12.1. The first kappa shape index (κ1) is 56.7. The summed E-state index contributed by atoms with van der Waals surface area (Å²) in [4.78, 5) is 34.0. The van der Waals surface area contributed by atoms with Crippen LogP contribution in [0.3, 0.4) is 0 Å². The summed E-state index contributed by atoms with van der Waals surface area (Å²) >= 11 is 0. The van der Waals surface area contributed by atoms with Crippen LogP contribution in [0.1, 0.15) is 206 Å². The Kier molecular flexibility index (Phi) is 43.5. The summed E-state index contributed by atoms with van der Waals surface area (Å²) in [6.07, 6.45) is 54.4. The number of hydrogen-bond donors (Lipinski definition) is 3. The second kappa shape index (κ2) is 45.2. The van der Waals surface area contributed by atoms with E-state index in [0.717, 1.165) is 70.6 Å². The molecule has 10 heteroatoms. The fraction of sp³-hybridized carbons (Fsp3) is 0.755. The standard InChI is InChI=1S/C49H88NO8P/c1-3-5-7-9-11-13-15-17-19-21-23-25-27-29-31-33-35-37-39-41-48(52)50-43-44-57-59(54,55)58-46-47(51)45-56-49(53)42-40-38-36-34-32-30-28-26-24-22-20-18-16-14-12-10-8-6-4-2/h6,8,12,14,18,20,24,26,30,32,47,51H,3-5,7,9-11,13,15-17,19,21-23,25,27-29,31,33-46H2,1-2H3,(H,50,52)(H,54,55)/b8-6-,14-12-,20-18-,26-24-,32-30-. The lowest BCUT2D eigenvalue weighted by Crippen LogP contribution is -2.27. The smallest absolute Gasteiger partial charge is 0.463 e. The van der Waals surface area contributed by atoms with Gasteiger partial charge in [0.1, 0.15) is 12.7 Å². The van der Waals surface area contributed by atoms with Crippen LogP contribution in [0.15, 0.2) is 60.8 Å². The molecule has 0 heterocycles. The first-order valence-corrected chi connectivity index (χ1v) is 25.3. The third-order valence-corrected chi connectivity index (χ3v) is 10.9. The molecule has 0 spiro atoms. The van der Waals surface area contributed by atoms with Crippen LogP contribution in [0.25, 0.3) is 0 Å². The van der Waals surface area contributed by atoms with Crippen molar-refractivity contribution in [1.82, 2.24) is 5.32 Å². The number of esters is 1. The monoisotopic (exact) mass is 850 g/mol. The zero-order valence-electron chi connectivity index (χ0n) is 37.7. The van der Waals surface area contributed by atoms with Gasteiger partial charge >= 0.3 is 13.8 Å². The summed E-state index contributed by atoms with van der Waals surface area (Å²) in [5.74, 6) is -0.546. The lowest BCUT2D eigenvalue weighted by molar-refractivity contribution is -0.147. The van der Waals surface area contributed by atoms with Gasteiger partial charge in [-0.05, 0) is 57.8 Å². The highest BCUT2D eigenvalue weighted by atomic mass is 31.2. The fourth-order valence-electron chi connectivity index (χ4n) is 6.41. The van der Waals surface area contributed by atoms with E-state index in [9.17, 15) is 24.2 Å². The number of nitrogens with one attached hydrogen (secondary N) is 1. The van der Waals surface area contributed by atoms with E-state index in [4.69, 9.17) is 13.8 Å². The van der Waals surface area contributed by atoms with E-state index >= 15 is 0 Å². The van der Waals surface area contributed by atoms with E-state index in [1.807, 2.05) is 0 Å². The van der Waals surface area contributed by atoms with Gasteiger partial charge in [-0.25, -0.2) is 4.57 Å². The van der Waals surface area contributed by atoms with Gasteiger partial charge in [0.2, 0.25) is 5.91 Å². The SMILES string of the molecule is CC/C=C\C/C=C\C/C=C\C/C=C\C/C=C\CCCCCC(=O)OCC(O)COP(=O)(O)OCCNC(=O)CCCCCCCCCCCCCCCCCCCCC. The Hall–Kier alpha value is -2.29. The molecule has 0 aromatic carbocycles. The second-order valence-electron chi connectivity index (χ2n) is 15.7. The quantitative estimate of drug-likeness (QED) is 0.0239. The molecular formula is C49H88NO8P. The molecule has 2 atom stereocenters. The normalized spacial score (nSPS) is 13.8. The van der Waals surface area contributed by atoms with Crippen LogP contribution in [-0.2, 0) is 27.9 Å². The van der Waals surface area contributed by atoms with Gasteiger partial charge in [0, 0.05) is 19.4 Å². The minimum Gasteiger partial charge on any atom is -0.463 e. The van der Waals surface area contributed by atoms with Crippen LogP contribution >= 0.6 is 7.82 Å². The lowest BCUT2D eigenvalue weighted by atomic mass is 10.0. The van der Waals surface area contributed by atoms with Crippen molar-refractivity contribution >= 4 is 19.7 Å². The molecular weight excluding hydrogens is 762 g/mol. The van der Waals surface area contributed by atoms with E-state index in [1.165, 1.54) is 103 Å². The molecule has 0 bridgehead atoms. The maximum absolute atomic E-state index is 12.1. The molecule has 1 amide bonds. The molecule has 59 heavy (non-hydrogen) atoms. The number of carbonyl (C=O) groups is 2. The summed E-state index contributed by atoms with van der Waals surface area (Å²) in [5, 5.41) is 12.7. The van der Waals surface area contributed by atoms with Crippen LogP contribution in [0.2, 0.25) is 0 Å². The van der Waals surface area contributed by atoms with Gasteiger partial charge in [-0.3, -0.25) is 18.6 Å². The first-order valence-electron chi connectivity index (χ1n) is 23.8. The number of aliphatic hydroxyl groups excluding tert-OH is 1. The highest BCUT2D eigenvalue weighted by molar-refractivity contribution is 7.47. The molecule has 0 saturated carbocycles. The molecule has 9 nitrogen and oxygen atoms in total. The Morgan fingerprint density at radius 1 is 0.542 bits per heavy atom. The Labute approximate surface area is 361 Å².